The van der Waals surface area contributed by atoms with Gasteiger partial charge >= 0.3 is 17.9 Å². The lowest BCUT2D eigenvalue weighted by Gasteiger charge is -2.35. The van der Waals surface area contributed by atoms with E-state index < -0.39 is 66.9 Å². The van der Waals surface area contributed by atoms with Crippen LogP contribution in [0.15, 0.2) is 48.6 Å². The van der Waals surface area contributed by atoms with Crippen LogP contribution in [0.25, 0.3) is 12.2 Å². The number of carboxylic acid groups (broad SMARTS) is 1. The molecule has 206 valence electrons. The van der Waals surface area contributed by atoms with Crippen molar-refractivity contribution >= 4 is 30.1 Å². The lowest BCUT2D eigenvalue weighted by Crippen LogP contribution is -2.55. The van der Waals surface area contributed by atoms with Crippen molar-refractivity contribution in [3.63, 3.8) is 0 Å². The van der Waals surface area contributed by atoms with Crippen molar-refractivity contribution in [1.82, 2.24) is 0 Å². The zero-order chi connectivity index (χ0) is 28.3. The number of aromatic hydroxyl groups is 4. The molecule has 0 amide bonds. The average Bonchev–Trinajstić information content (AvgIpc) is 3.22. The van der Waals surface area contributed by atoms with Crippen molar-refractivity contribution in [2.75, 3.05) is 6.61 Å². The van der Waals surface area contributed by atoms with Crippen LogP contribution in [-0.2, 0) is 33.3 Å². The first-order chi connectivity index (χ1) is 18.5. The molecular weight excluding hydrogens is 520 g/mol. The van der Waals surface area contributed by atoms with Crippen molar-refractivity contribution in [3.8, 4) is 23.0 Å². The van der Waals surface area contributed by atoms with Crippen molar-refractivity contribution < 1.29 is 64.0 Å². The normalized spacial score (nSPS) is 26.1. The molecule has 13 nitrogen and oxygen atoms in total. The van der Waals surface area contributed by atoms with Gasteiger partial charge in [0.2, 0.25) is 0 Å². The number of fused-ring (bicyclic) bond motifs is 2. The predicted octanol–water partition coefficient (Wildman–Crippen LogP) is 1.02. The van der Waals surface area contributed by atoms with E-state index in [1.807, 2.05) is 0 Å². The first-order valence-corrected chi connectivity index (χ1v) is 11.5. The Morgan fingerprint density at radius 3 is 1.97 bits per heavy atom. The summed E-state index contributed by atoms with van der Waals surface area (Å²) in [5.74, 6) is -7.01. The molecule has 2 fully saturated rings. The Morgan fingerprint density at radius 2 is 1.44 bits per heavy atom. The third-order valence-corrected chi connectivity index (χ3v) is 6.03. The Kier molecular flexibility index (Phi) is 7.76. The first-order valence-electron chi connectivity index (χ1n) is 11.5. The topological polar surface area (TPSA) is 210 Å². The van der Waals surface area contributed by atoms with Crippen LogP contribution in [0.1, 0.15) is 17.5 Å². The van der Waals surface area contributed by atoms with Gasteiger partial charge in [0.25, 0.3) is 5.79 Å². The highest BCUT2D eigenvalue weighted by atomic mass is 16.8. The van der Waals surface area contributed by atoms with Gasteiger partial charge in [0.1, 0.15) is 31.0 Å². The zero-order valence-corrected chi connectivity index (χ0v) is 20.0. The number of carbonyl (C=O) groups is 3. The van der Waals surface area contributed by atoms with Crippen LogP contribution in [0.4, 0.5) is 0 Å². The molecule has 2 aliphatic heterocycles. The molecule has 5 atom stereocenters. The molecule has 2 bridgehead atoms. The van der Waals surface area contributed by atoms with E-state index in [-0.39, 0.29) is 17.2 Å². The smallest absolute Gasteiger partial charge is 0.364 e. The predicted molar refractivity (Wildman–Crippen MR) is 129 cm³/mol. The highest BCUT2D eigenvalue weighted by Gasteiger charge is 2.63. The fraction of sp³-hybridized carbons (Fsp3) is 0.269. The van der Waals surface area contributed by atoms with Gasteiger partial charge in [-0.25, -0.2) is 14.4 Å². The number of ether oxygens (including phenoxy) is 4. The number of hydrogen-bond donors (Lipinski definition) is 6. The Hall–Kier alpha value is -4.59. The lowest BCUT2D eigenvalue weighted by atomic mass is 9.95. The van der Waals surface area contributed by atoms with Crippen LogP contribution in [0.5, 0.6) is 23.0 Å². The van der Waals surface area contributed by atoms with Gasteiger partial charge < -0.3 is 49.6 Å². The second kappa shape index (κ2) is 11.0. The molecular formula is C26H24O13. The summed E-state index contributed by atoms with van der Waals surface area (Å²) in [5, 5.41) is 58.2. The van der Waals surface area contributed by atoms with Crippen LogP contribution in [0.3, 0.4) is 0 Å². The first kappa shape index (κ1) is 27.4. The summed E-state index contributed by atoms with van der Waals surface area (Å²) in [6.07, 6.45) is -1.31. The Balaban J connectivity index is 1.38. The van der Waals surface area contributed by atoms with Gasteiger partial charge in [0, 0.05) is 12.2 Å². The molecule has 2 aromatic rings. The van der Waals surface area contributed by atoms with Crippen LogP contribution in [-0.4, -0.2) is 85.4 Å². The Bertz CT molecular complexity index is 1330. The zero-order valence-electron chi connectivity index (χ0n) is 20.0. The molecule has 2 aromatic carbocycles. The standard InChI is InChI=1S/C26H24O13/c27-15-5-1-13(9-17(15)29)3-7-21(31)36-12-20-24-23(33)19(11-26(38-20,39-24)25(34)35)37-22(32)8-4-14-2-6-16(28)18(30)10-14/h1-10,19-20,23-24,27-30,33H,11-12H2,(H,34,35)/b7-3+,8-4+/t19-,20-,23+,24+,26+/m0/s1. The van der Waals surface area contributed by atoms with E-state index in [1.165, 1.54) is 48.6 Å². The largest absolute Gasteiger partial charge is 0.504 e. The van der Waals surface area contributed by atoms with Gasteiger partial charge in [0.15, 0.2) is 23.0 Å². The molecule has 2 heterocycles. The molecule has 6 N–H and O–H groups in total. The third kappa shape index (κ3) is 6.12. The summed E-state index contributed by atoms with van der Waals surface area (Å²) in [7, 11) is 0. The highest BCUT2D eigenvalue weighted by Crippen LogP contribution is 2.42. The van der Waals surface area contributed by atoms with E-state index in [1.54, 1.807) is 0 Å². The van der Waals surface area contributed by atoms with Gasteiger partial charge in [0.05, 0.1) is 6.42 Å². The van der Waals surface area contributed by atoms with Crippen molar-refractivity contribution in [3.05, 3.63) is 59.7 Å². The van der Waals surface area contributed by atoms with Crippen LogP contribution in [0, 0.1) is 0 Å². The van der Waals surface area contributed by atoms with Crippen molar-refractivity contribution in [2.45, 2.75) is 36.6 Å². The van der Waals surface area contributed by atoms with Gasteiger partial charge in [-0.1, -0.05) is 12.1 Å². The Labute approximate surface area is 220 Å². The molecule has 0 radical (unpaired) electrons. The molecule has 2 saturated heterocycles. The number of carboxylic acids is 1. The lowest BCUT2D eigenvalue weighted by molar-refractivity contribution is -0.247. The number of benzene rings is 2. The third-order valence-electron chi connectivity index (χ3n) is 6.03. The fourth-order valence-corrected chi connectivity index (χ4v) is 4.06. The van der Waals surface area contributed by atoms with E-state index in [4.69, 9.17) is 18.9 Å². The van der Waals surface area contributed by atoms with Gasteiger partial charge in [-0.2, -0.15) is 0 Å². The molecule has 13 heteroatoms. The molecule has 0 spiro atoms. The summed E-state index contributed by atoms with van der Waals surface area (Å²) < 4.78 is 21.3. The molecule has 0 aromatic heterocycles. The fourth-order valence-electron chi connectivity index (χ4n) is 4.06. The Morgan fingerprint density at radius 1 is 0.872 bits per heavy atom. The van der Waals surface area contributed by atoms with Crippen LogP contribution < -0.4 is 0 Å². The number of rotatable bonds is 8. The van der Waals surface area contributed by atoms with Crippen LogP contribution >= 0.6 is 0 Å². The van der Waals surface area contributed by atoms with E-state index in [0.29, 0.717) is 11.1 Å². The number of aliphatic hydroxyl groups excluding tert-OH is 1. The van der Waals surface area contributed by atoms with E-state index in [0.717, 1.165) is 12.2 Å². The second-order valence-corrected chi connectivity index (χ2v) is 8.76. The monoisotopic (exact) mass is 544 g/mol. The maximum absolute atomic E-state index is 12.3. The minimum Gasteiger partial charge on any atom is -0.504 e. The SMILES string of the molecule is O=C(/C=C/c1ccc(O)c(O)c1)OC[C@@H]1O[C@]2(C(=O)O)C[C@H](OC(=O)/C=C/c3ccc(O)c(O)c3)[C@@H](O)[C@@H]1O2. The number of phenolic OH excluding ortho intramolecular Hbond substituents is 4. The molecule has 4 rings (SSSR count). The minimum absolute atomic E-state index is 0.331. The van der Waals surface area contributed by atoms with Gasteiger partial charge in [-0.3, -0.25) is 0 Å². The average molecular weight is 544 g/mol. The summed E-state index contributed by atoms with van der Waals surface area (Å²) in [4.78, 5) is 36.4. The summed E-state index contributed by atoms with van der Waals surface area (Å²) in [6.45, 7) is -0.494. The number of aliphatic carboxylic acids is 1. The molecule has 39 heavy (non-hydrogen) atoms. The molecule has 0 aliphatic carbocycles. The summed E-state index contributed by atoms with van der Waals surface area (Å²) in [5.41, 5.74) is 0.748. The van der Waals surface area contributed by atoms with Gasteiger partial charge in [-0.05, 0) is 47.5 Å². The number of esters is 2. The number of carbonyl (C=O) groups excluding carboxylic acids is 2. The highest BCUT2D eigenvalue weighted by molar-refractivity contribution is 5.88. The van der Waals surface area contributed by atoms with E-state index in [2.05, 4.69) is 0 Å². The molecule has 2 aliphatic rings. The number of hydrogen-bond acceptors (Lipinski definition) is 12. The minimum atomic E-state index is -2.25. The summed E-state index contributed by atoms with van der Waals surface area (Å²) in [6, 6.07) is 7.72. The summed E-state index contributed by atoms with van der Waals surface area (Å²) >= 11 is 0. The van der Waals surface area contributed by atoms with Gasteiger partial charge in [-0.15, -0.1) is 0 Å². The molecule has 0 saturated carbocycles. The quantitative estimate of drug-likeness (QED) is 0.156. The molecule has 0 unspecified atom stereocenters. The van der Waals surface area contributed by atoms with E-state index >= 15 is 0 Å². The number of aliphatic hydroxyl groups is 1. The second-order valence-electron chi connectivity index (χ2n) is 8.76. The maximum Gasteiger partial charge on any atom is 0.364 e. The van der Waals surface area contributed by atoms with E-state index in [9.17, 15) is 45.0 Å². The number of phenols is 4. The van der Waals surface area contributed by atoms with Crippen molar-refractivity contribution in [2.24, 2.45) is 0 Å². The maximum atomic E-state index is 12.3. The van der Waals surface area contributed by atoms with Crippen LogP contribution in [0.2, 0.25) is 0 Å². The van der Waals surface area contributed by atoms with Crippen molar-refractivity contribution in [1.29, 1.82) is 0 Å².